The Morgan fingerprint density at radius 2 is 1.54 bits per heavy atom. The third kappa shape index (κ3) is 12.4. The van der Waals surface area contributed by atoms with Gasteiger partial charge in [-0.05, 0) is 54.3 Å². The average molecular weight is 516 g/mol. The molecule has 0 heterocycles. The highest BCUT2D eigenvalue weighted by molar-refractivity contribution is 7.47. The lowest BCUT2D eigenvalue weighted by Crippen LogP contribution is -2.42. The van der Waals surface area contributed by atoms with Crippen molar-refractivity contribution in [3.05, 3.63) is 36.4 Å². The van der Waals surface area contributed by atoms with Crippen LogP contribution >= 0.6 is 7.82 Å². The molecular weight excluding hydrogens is 477 g/mol. The Kier molecular flexibility index (Phi) is 12.7. The smallest absolute Gasteiger partial charge is 0.472 e. The van der Waals surface area contributed by atoms with Crippen molar-refractivity contribution < 1.29 is 47.8 Å². The number of nitrogens with zero attached hydrogens (tertiary/aromatic N) is 1. The van der Waals surface area contributed by atoms with Crippen LogP contribution in [0.5, 0.6) is 11.5 Å². The lowest BCUT2D eigenvalue weighted by molar-refractivity contribution is -0.873. The first kappa shape index (κ1) is 30.8. The Morgan fingerprint density at radius 1 is 0.971 bits per heavy atom. The van der Waals surface area contributed by atoms with Gasteiger partial charge in [-0.1, -0.05) is 19.1 Å². The third-order valence-electron chi connectivity index (χ3n) is 4.75. The summed E-state index contributed by atoms with van der Waals surface area (Å²) < 4.78 is 34.3. The summed E-state index contributed by atoms with van der Waals surface area (Å²) in [7, 11) is 1.17. The number of carboxylic acid groups (broad SMARTS) is 1. The van der Waals surface area contributed by atoms with Crippen molar-refractivity contribution >= 4 is 24.6 Å². The van der Waals surface area contributed by atoms with Crippen LogP contribution in [0.4, 0.5) is 0 Å². The van der Waals surface area contributed by atoms with E-state index >= 15 is 0 Å². The molecular formula is C24H38NO9P. The number of aliphatic carboxylic acids is 1. The minimum absolute atomic E-state index is 0. The highest BCUT2D eigenvalue weighted by Crippen LogP contribution is 2.45. The Balaban J connectivity index is 0.00000612. The molecule has 3 N–H and O–H groups in total. The zero-order chi connectivity index (χ0) is 25.2. The number of carboxylic acids is 1. The van der Waals surface area contributed by atoms with Crippen LogP contribution in [-0.4, -0.2) is 79.5 Å². The second-order valence-corrected chi connectivity index (χ2v) is 10.6. The lowest BCUT2D eigenvalue weighted by atomic mass is 10.1. The van der Waals surface area contributed by atoms with Crippen molar-refractivity contribution in [1.29, 1.82) is 0 Å². The molecule has 0 saturated carbocycles. The SMILES string of the molecule is CCCOc1ccc2ccc(OCCCCOP(=O)(O)OC(CC(=O)O)C[N+](C)(C)C)cc2c1.[OH-]. The summed E-state index contributed by atoms with van der Waals surface area (Å²) in [5.41, 5.74) is 0. The summed E-state index contributed by atoms with van der Waals surface area (Å²) >= 11 is 0. The van der Waals surface area contributed by atoms with E-state index in [4.69, 9.17) is 23.6 Å². The average Bonchev–Trinajstić information content (AvgIpc) is 2.72. The van der Waals surface area contributed by atoms with Crippen molar-refractivity contribution in [3.8, 4) is 11.5 Å². The zero-order valence-corrected chi connectivity index (χ0v) is 21.8. The number of phosphoric ester groups is 1. The van der Waals surface area contributed by atoms with Gasteiger partial charge in [0.2, 0.25) is 0 Å². The second kappa shape index (κ2) is 14.4. The van der Waals surface area contributed by atoms with Crippen molar-refractivity contribution in [2.75, 3.05) is 47.5 Å². The quantitative estimate of drug-likeness (QED) is 0.190. The van der Waals surface area contributed by atoms with Gasteiger partial charge in [0, 0.05) is 0 Å². The van der Waals surface area contributed by atoms with E-state index < -0.39 is 19.9 Å². The molecule has 2 unspecified atom stereocenters. The minimum atomic E-state index is -4.36. The molecule has 2 rings (SSSR count). The highest BCUT2D eigenvalue weighted by atomic mass is 31.2. The van der Waals surface area contributed by atoms with E-state index in [-0.39, 0.29) is 25.0 Å². The number of quaternary nitrogens is 1. The summed E-state index contributed by atoms with van der Waals surface area (Å²) in [4.78, 5) is 21.0. The van der Waals surface area contributed by atoms with Crippen molar-refractivity contribution in [2.24, 2.45) is 0 Å². The predicted octanol–water partition coefficient (Wildman–Crippen LogP) is 4.29. The number of hydrogen-bond donors (Lipinski definition) is 2. The topological polar surface area (TPSA) is 142 Å². The molecule has 2 aromatic rings. The van der Waals surface area contributed by atoms with Gasteiger partial charge >= 0.3 is 13.8 Å². The summed E-state index contributed by atoms with van der Waals surface area (Å²) in [6.45, 7) is 3.41. The second-order valence-electron chi connectivity index (χ2n) is 9.17. The molecule has 10 nitrogen and oxygen atoms in total. The van der Waals surface area contributed by atoms with E-state index in [1.165, 1.54) is 0 Å². The molecule has 0 amide bonds. The van der Waals surface area contributed by atoms with Gasteiger partial charge in [0.05, 0.1) is 47.4 Å². The number of fused-ring (bicyclic) bond motifs is 1. The van der Waals surface area contributed by atoms with Gasteiger partial charge < -0.3 is 29.4 Å². The summed E-state index contributed by atoms with van der Waals surface area (Å²) in [5, 5.41) is 11.1. The Hall–Kier alpha value is -2.20. The van der Waals surface area contributed by atoms with Gasteiger partial charge in [0.25, 0.3) is 0 Å². The standard InChI is InChI=1S/C24H36NO8P.H2O/c1-5-12-30-21-10-8-19-9-11-22(16-20(19)15-21)31-13-6-7-14-32-34(28,29)33-23(17-24(26)27)18-25(2,3)4;/h8-11,15-16,23H,5-7,12-14,17-18H2,1-4H3,(H-,26,27,28,29);1H2. The molecule has 2 aromatic carbocycles. The highest BCUT2D eigenvalue weighted by Gasteiger charge is 2.31. The van der Waals surface area contributed by atoms with E-state index in [0.717, 1.165) is 28.7 Å². The number of unbranched alkanes of at least 4 members (excludes halogenated alkanes) is 1. The van der Waals surface area contributed by atoms with Crippen LogP contribution in [0.3, 0.4) is 0 Å². The fraction of sp³-hybridized carbons (Fsp3) is 0.542. The van der Waals surface area contributed by atoms with Gasteiger partial charge in [-0.3, -0.25) is 13.8 Å². The van der Waals surface area contributed by atoms with E-state index in [2.05, 4.69) is 6.92 Å². The van der Waals surface area contributed by atoms with Crippen molar-refractivity contribution in [2.45, 2.75) is 38.7 Å². The first-order chi connectivity index (χ1) is 16.0. The number of carbonyl (C=O) groups is 1. The molecule has 198 valence electrons. The van der Waals surface area contributed by atoms with Gasteiger partial charge in [0.15, 0.2) is 0 Å². The molecule has 0 spiro atoms. The van der Waals surface area contributed by atoms with Gasteiger partial charge in [-0.25, -0.2) is 4.57 Å². The van der Waals surface area contributed by atoms with Crippen molar-refractivity contribution in [1.82, 2.24) is 0 Å². The van der Waals surface area contributed by atoms with Crippen molar-refractivity contribution in [3.63, 3.8) is 0 Å². The molecule has 0 aliphatic heterocycles. The third-order valence-corrected chi connectivity index (χ3v) is 5.83. The number of likely N-dealkylation sites (N-methyl/N-ethyl adjacent to an activating group) is 1. The molecule has 0 fully saturated rings. The normalized spacial score (nSPS) is 14.1. The van der Waals surface area contributed by atoms with Gasteiger partial charge in [0.1, 0.15) is 24.1 Å². The Bertz CT molecular complexity index is 977. The molecule has 0 aromatic heterocycles. The number of hydrogen-bond acceptors (Lipinski definition) is 7. The van der Waals surface area contributed by atoms with Gasteiger partial charge in [-0.2, -0.15) is 0 Å². The van der Waals surface area contributed by atoms with Crippen LogP contribution in [-0.2, 0) is 18.4 Å². The first-order valence-electron chi connectivity index (χ1n) is 11.4. The van der Waals surface area contributed by atoms with E-state index in [0.29, 0.717) is 30.5 Å². The fourth-order valence-corrected chi connectivity index (χ4v) is 4.27. The molecule has 0 aliphatic rings. The Morgan fingerprint density at radius 3 is 2.09 bits per heavy atom. The molecule has 0 aliphatic carbocycles. The molecule has 0 bridgehead atoms. The Labute approximate surface area is 206 Å². The van der Waals surface area contributed by atoms with Gasteiger partial charge in [-0.15, -0.1) is 0 Å². The summed E-state index contributed by atoms with van der Waals surface area (Å²) in [6, 6.07) is 11.8. The summed E-state index contributed by atoms with van der Waals surface area (Å²) in [5.74, 6) is 0.453. The molecule has 2 atom stereocenters. The maximum Gasteiger partial charge on any atom is 0.472 e. The van der Waals surface area contributed by atoms with E-state index in [9.17, 15) is 14.3 Å². The molecule has 0 saturated heterocycles. The maximum absolute atomic E-state index is 12.2. The number of ether oxygens (including phenoxy) is 2. The zero-order valence-electron chi connectivity index (χ0n) is 20.9. The summed E-state index contributed by atoms with van der Waals surface area (Å²) in [6.07, 6.45) is 0.722. The number of phosphoric acid groups is 1. The number of benzene rings is 2. The van der Waals surface area contributed by atoms with Crippen LogP contribution in [0.2, 0.25) is 0 Å². The van der Waals surface area contributed by atoms with E-state index in [1.807, 2.05) is 57.5 Å². The molecule has 0 radical (unpaired) electrons. The monoisotopic (exact) mass is 515 g/mol. The lowest BCUT2D eigenvalue weighted by Gasteiger charge is -2.29. The minimum Gasteiger partial charge on any atom is -0.870 e. The van der Waals surface area contributed by atoms with Crippen LogP contribution in [0.25, 0.3) is 10.8 Å². The van der Waals surface area contributed by atoms with Crippen LogP contribution < -0.4 is 9.47 Å². The largest absolute Gasteiger partial charge is 0.870 e. The van der Waals surface area contributed by atoms with Crippen LogP contribution in [0.1, 0.15) is 32.6 Å². The fourth-order valence-electron chi connectivity index (χ4n) is 3.34. The molecule has 11 heteroatoms. The first-order valence-corrected chi connectivity index (χ1v) is 12.9. The van der Waals surface area contributed by atoms with Crippen LogP contribution in [0.15, 0.2) is 36.4 Å². The van der Waals surface area contributed by atoms with Crippen LogP contribution in [0, 0.1) is 0 Å². The predicted molar refractivity (Wildman–Crippen MR) is 132 cm³/mol. The van der Waals surface area contributed by atoms with E-state index in [1.54, 1.807) is 0 Å². The number of rotatable bonds is 16. The molecule has 35 heavy (non-hydrogen) atoms. The maximum atomic E-state index is 12.2.